The van der Waals surface area contributed by atoms with Crippen molar-refractivity contribution in [1.29, 1.82) is 0 Å². The van der Waals surface area contributed by atoms with Gasteiger partial charge >= 0.3 is 5.97 Å². The minimum Gasteiger partial charge on any atom is -0.469 e. The number of nitrogens with one attached hydrogen (secondary N) is 1. The number of carbonyl (C=O) groups excluding carboxylic acids is 2. The molecule has 0 atom stereocenters. The SMILES string of the molecule is COC(=O)CCNC(=O)CCc1nnc(Cc2ccc(-c3ccccc3)cc2)o1. The third kappa shape index (κ3) is 6.27. The second-order valence-electron chi connectivity index (χ2n) is 6.51. The summed E-state index contributed by atoms with van der Waals surface area (Å²) in [6.45, 7) is 0.250. The number of rotatable bonds is 9. The van der Waals surface area contributed by atoms with Gasteiger partial charge in [-0.2, -0.15) is 0 Å². The van der Waals surface area contributed by atoms with Crippen molar-refractivity contribution in [3.63, 3.8) is 0 Å². The molecular weight excluding hydrogens is 370 g/mol. The van der Waals surface area contributed by atoms with Gasteiger partial charge in [0.2, 0.25) is 17.7 Å². The van der Waals surface area contributed by atoms with Gasteiger partial charge in [0.1, 0.15) is 0 Å². The Balaban J connectivity index is 1.46. The van der Waals surface area contributed by atoms with Gasteiger partial charge in [-0.1, -0.05) is 54.6 Å². The minimum absolute atomic E-state index is 0.149. The topological polar surface area (TPSA) is 94.3 Å². The smallest absolute Gasteiger partial charge is 0.307 e. The van der Waals surface area contributed by atoms with Crippen molar-refractivity contribution in [3.8, 4) is 11.1 Å². The predicted octanol–water partition coefficient (Wildman–Crippen LogP) is 2.94. The van der Waals surface area contributed by atoms with E-state index < -0.39 is 0 Å². The Morgan fingerprint density at radius 1 is 0.931 bits per heavy atom. The van der Waals surface area contributed by atoms with E-state index in [2.05, 4.69) is 44.5 Å². The van der Waals surface area contributed by atoms with Gasteiger partial charge in [-0.15, -0.1) is 10.2 Å². The fourth-order valence-electron chi connectivity index (χ4n) is 2.80. The van der Waals surface area contributed by atoms with E-state index in [0.717, 1.165) is 11.1 Å². The lowest BCUT2D eigenvalue weighted by Gasteiger charge is -2.03. The lowest BCUT2D eigenvalue weighted by atomic mass is 10.0. The molecule has 0 saturated carbocycles. The van der Waals surface area contributed by atoms with Gasteiger partial charge in [0, 0.05) is 19.4 Å². The average molecular weight is 393 g/mol. The molecule has 0 unspecified atom stereocenters. The molecule has 0 saturated heterocycles. The number of aryl methyl sites for hydroxylation is 1. The normalized spacial score (nSPS) is 10.5. The lowest BCUT2D eigenvalue weighted by Crippen LogP contribution is -2.26. The first-order chi connectivity index (χ1) is 14.1. The van der Waals surface area contributed by atoms with Crippen LogP contribution in [0.15, 0.2) is 59.0 Å². The van der Waals surface area contributed by atoms with Crippen LogP contribution in [0.1, 0.15) is 30.2 Å². The molecule has 1 heterocycles. The maximum atomic E-state index is 11.8. The quantitative estimate of drug-likeness (QED) is 0.562. The summed E-state index contributed by atoms with van der Waals surface area (Å²) >= 11 is 0. The van der Waals surface area contributed by atoms with Crippen LogP contribution in [0.3, 0.4) is 0 Å². The summed E-state index contributed by atoms with van der Waals surface area (Å²) in [5, 5.41) is 10.7. The summed E-state index contributed by atoms with van der Waals surface area (Å²) in [6, 6.07) is 18.4. The van der Waals surface area contributed by atoms with E-state index in [1.165, 1.54) is 12.7 Å². The van der Waals surface area contributed by atoms with Crippen molar-refractivity contribution < 1.29 is 18.7 Å². The van der Waals surface area contributed by atoms with Gasteiger partial charge in [-0.25, -0.2) is 0 Å². The Kier molecular flexibility index (Phi) is 7.10. The Morgan fingerprint density at radius 2 is 1.62 bits per heavy atom. The second-order valence-corrected chi connectivity index (χ2v) is 6.51. The summed E-state index contributed by atoms with van der Waals surface area (Å²) < 4.78 is 10.2. The summed E-state index contributed by atoms with van der Waals surface area (Å²) in [4.78, 5) is 22.8. The molecular formula is C22H23N3O4. The van der Waals surface area contributed by atoms with Crippen molar-refractivity contribution in [3.05, 3.63) is 71.9 Å². The lowest BCUT2D eigenvalue weighted by molar-refractivity contribution is -0.140. The predicted molar refractivity (Wildman–Crippen MR) is 107 cm³/mol. The highest BCUT2D eigenvalue weighted by Gasteiger charge is 2.10. The van der Waals surface area contributed by atoms with Crippen molar-refractivity contribution in [1.82, 2.24) is 15.5 Å². The maximum Gasteiger partial charge on any atom is 0.307 e. The first-order valence-corrected chi connectivity index (χ1v) is 9.43. The van der Waals surface area contributed by atoms with Crippen LogP contribution in [0.2, 0.25) is 0 Å². The zero-order chi connectivity index (χ0) is 20.5. The van der Waals surface area contributed by atoms with E-state index >= 15 is 0 Å². The molecule has 0 fully saturated rings. The zero-order valence-corrected chi connectivity index (χ0v) is 16.3. The molecule has 1 N–H and O–H groups in total. The van der Waals surface area contributed by atoms with E-state index in [1.54, 1.807) is 0 Å². The van der Waals surface area contributed by atoms with Gasteiger partial charge < -0.3 is 14.5 Å². The molecule has 0 aliphatic heterocycles. The molecule has 7 heteroatoms. The van der Waals surface area contributed by atoms with Gasteiger partial charge in [0.05, 0.1) is 20.0 Å². The van der Waals surface area contributed by atoms with Crippen molar-refractivity contribution in [2.75, 3.05) is 13.7 Å². The van der Waals surface area contributed by atoms with Crippen LogP contribution in [0.5, 0.6) is 0 Å². The Labute approximate surface area is 169 Å². The van der Waals surface area contributed by atoms with Gasteiger partial charge in [-0.05, 0) is 16.7 Å². The maximum absolute atomic E-state index is 11.8. The molecule has 0 radical (unpaired) electrons. The number of hydrogen-bond donors (Lipinski definition) is 1. The third-order valence-electron chi connectivity index (χ3n) is 4.37. The van der Waals surface area contributed by atoms with Crippen LogP contribution in [-0.2, 0) is 27.2 Å². The van der Waals surface area contributed by atoms with E-state index in [-0.39, 0.29) is 31.3 Å². The van der Waals surface area contributed by atoms with Crippen molar-refractivity contribution >= 4 is 11.9 Å². The van der Waals surface area contributed by atoms with Crippen LogP contribution >= 0.6 is 0 Å². The molecule has 0 bridgehead atoms. The van der Waals surface area contributed by atoms with Crippen molar-refractivity contribution in [2.45, 2.75) is 25.7 Å². The minimum atomic E-state index is -0.358. The third-order valence-corrected chi connectivity index (χ3v) is 4.37. The van der Waals surface area contributed by atoms with Crippen LogP contribution in [0.4, 0.5) is 0 Å². The number of carbonyl (C=O) groups is 2. The second kappa shape index (κ2) is 10.2. The monoisotopic (exact) mass is 393 g/mol. The number of nitrogens with zero attached hydrogens (tertiary/aromatic N) is 2. The molecule has 3 rings (SSSR count). The molecule has 0 aliphatic carbocycles. The fraction of sp³-hybridized carbons (Fsp3) is 0.273. The van der Waals surface area contributed by atoms with Crippen molar-refractivity contribution in [2.24, 2.45) is 0 Å². The molecule has 0 aliphatic rings. The van der Waals surface area contributed by atoms with E-state index in [1.807, 2.05) is 30.3 Å². The summed E-state index contributed by atoms with van der Waals surface area (Å²) in [5.41, 5.74) is 3.39. The molecule has 0 spiro atoms. The number of benzene rings is 2. The standard InChI is InChI=1S/C22H23N3O4/c1-28-22(27)13-14-23-19(26)11-12-20-24-25-21(29-20)15-16-7-9-18(10-8-16)17-5-3-2-4-6-17/h2-10H,11-15H2,1H3,(H,23,26). The van der Waals surface area contributed by atoms with E-state index in [9.17, 15) is 9.59 Å². The number of amides is 1. The van der Waals surface area contributed by atoms with E-state index in [4.69, 9.17) is 4.42 Å². The number of ether oxygens (including phenoxy) is 1. The molecule has 29 heavy (non-hydrogen) atoms. The van der Waals surface area contributed by atoms with Gasteiger partial charge in [0.15, 0.2) is 0 Å². The highest BCUT2D eigenvalue weighted by atomic mass is 16.5. The molecule has 1 amide bonds. The number of esters is 1. The number of aromatic nitrogens is 2. The number of methoxy groups -OCH3 is 1. The molecule has 3 aromatic rings. The van der Waals surface area contributed by atoms with Gasteiger partial charge in [-0.3, -0.25) is 9.59 Å². The first-order valence-electron chi connectivity index (χ1n) is 9.43. The summed E-state index contributed by atoms with van der Waals surface area (Å²) in [7, 11) is 1.31. The zero-order valence-electron chi connectivity index (χ0n) is 16.3. The molecule has 7 nitrogen and oxygen atoms in total. The van der Waals surface area contributed by atoms with Gasteiger partial charge in [0.25, 0.3) is 0 Å². The first kappa shape index (κ1) is 20.3. The average Bonchev–Trinajstić information content (AvgIpc) is 3.20. The Bertz CT molecular complexity index is 936. The summed E-state index contributed by atoms with van der Waals surface area (Å²) in [6.07, 6.45) is 1.25. The Morgan fingerprint density at radius 3 is 2.34 bits per heavy atom. The highest BCUT2D eigenvalue weighted by Crippen LogP contribution is 2.20. The molecule has 150 valence electrons. The largest absolute Gasteiger partial charge is 0.469 e. The summed E-state index contributed by atoms with van der Waals surface area (Å²) in [5.74, 6) is 0.399. The van der Waals surface area contributed by atoms with E-state index in [0.29, 0.717) is 24.6 Å². The molecule has 1 aromatic heterocycles. The molecule has 2 aromatic carbocycles. The van der Waals surface area contributed by atoms with Crippen LogP contribution in [0.25, 0.3) is 11.1 Å². The van der Waals surface area contributed by atoms with Crippen LogP contribution < -0.4 is 5.32 Å². The Hall–Kier alpha value is -3.48. The highest BCUT2D eigenvalue weighted by molar-refractivity contribution is 5.77. The van der Waals surface area contributed by atoms with Crippen LogP contribution in [0, 0.1) is 0 Å². The number of hydrogen-bond acceptors (Lipinski definition) is 6. The van der Waals surface area contributed by atoms with Crippen LogP contribution in [-0.4, -0.2) is 35.7 Å². The fourth-order valence-corrected chi connectivity index (χ4v) is 2.80.